The summed E-state index contributed by atoms with van der Waals surface area (Å²) in [6.45, 7) is 4.78. The molecule has 2 atom stereocenters. The van der Waals surface area contributed by atoms with Crippen LogP contribution in [0, 0.1) is 0 Å². The van der Waals surface area contributed by atoms with Gasteiger partial charge in [-0.1, -0.05) is 0 Å². The second-order valence-electron chi connectivity index (χ2n) is 3.59. The average molecular weight is 234 g/mol. The molecule has 1 aliphatic rings. The van der Waals surface area contributed by atoms with Crippen LogP contribution in [-0.4, -0.2) is 59.5 Å². The summed E-state index contributed by atoms with van der Waals surface area (Å²) in [6.07, 6.45) is 1.64. The van der Waals surface area contributed by atoms with E-state index in [2.05, 4.69) is 5.32 Å². The number of nitrogens with one attached hydrogen (secondary N) is 1. The first-order valence-corrected chi connectivity index (χ1v) is 6.66. The fourth-order valence-corrected chi connectivity index (χ4v) is 1.54. The van der Waals surface area contributed by atoms with Crippen molar-refractivity contribution in [1.82, 2.24) is 10.2 Å². The minimum atomic E-state index is -0.890. The van der Waals surface area contributed by atoms with Crippen LogP contribution in [0.2, 0.25) is 0 Å². The maximum atomic E-state index is 11.6. The zero-order chi connectivity index (χ0) is 11.3. The minimum Gasteiger partial charge on any atom is -0.378 e. The molecule has 1 fully saturated rings. The largest absolute Gasteiger partial charge is 0.378 e. The van der Waals surface area contributed by atoms with E-state index < -0.39 is 10.8 Å². The summed E-state index contributed by atoms with van der Waals surface area (Å²) in [5.41, 5.74) is 0. The zero-order valence-corrected chi connectivity index (χ0v) is 10.0. The van der Waals surface area contributed by atoms with Crippen LogP contribution in [0.15, 0.2) is 0 Å². The number of urea groups is 1. The highest BCUT2D eigenvalue weighted by Gasteiger charge is 2.17. The summed E-state index contributed by atoms with van der Waals surface area (Å²) in [6, 6.07) is -0.0874. The third-order valence-corrected chi connectivity index (χ3v) is 3.71. The van der Waals surface area contributed by atoms with Gasteiger partial charge in [-0.15, -0.1) is 0 Å². The Balaban J connectivity index is 2.25. The average Bonchev–Trinajstić information content (AvgIpc) is 2.26. The number of hydrogen-bond donors (Lipinski definition) is 1. The molecule has 0 aliphatic carbocycles. The molecule has 0 aromatic carbocycles. The molecule has 1 heterocycles. The van der Waals surface area contributed by atoms with E-state index in [0.717, 1.165) is 0 Å². The predicted octanol–water partition coefficient (Wildman–Crippen LogP) is -0.205. The van der Waals surface area contributed by atoms with Crippen molar-refractivity contribution < 1.29 is 13.7 Å². The third kappa shape index (κ3) is 4.17. The molecule has 0 spiro atoms. The molecule has 0 bridgehead atoms. The molecular weight excluding hydrogens is 216 g/mol. The molecule has 0 radical (unpaired) electrons. The number of ether oxygens (including phenoxy) is 1. The van der Waals surface area contributed by atoms with E-state index in [-0.39, 0.29) is 11.3 Å². The molecule has 88 valence electrons. The Morgan fingerprint density at radius 3 is 2.67 bits per heavy atom. The molecule has 5 nitrogen and oxygen atoms in total. The van der Waals surface area contributed by atoms with E-state index in [9.17, 15) is 9.00 Å². The fourth-order valence-electron chi connectivity index (χ4n) is 1.23. The highest BCUT2D eigenvalue weighted by atomic mass is 32.2. The van der Waals surface area contributed by atoms with Gasteiger partial charge >= 0.3 is 6.03 Å². The molecule has 6 heteroatoms. The summed E-state index contributed by atoms with van der Waals surface area (Å²) >= 11 is 0. The Hall–Kier alpha value is -0.620. The van der Waals surface area contributed by atoms with Gasteiger partial charge in [-0.3, -0.25) is 4.21 Å². The minimum absolute atomic E-state index is 0.00464. The lowest BCUT2D eigenvalue weighted by molar-refractivity contribution is 0.0533. The number of morpholine rings is 1. The Labute approximate surface area is 92.6 Å². The Morgan fingerprint density at radius 1 is 1.53 bits per heavy atom. The summed E-state index contributed by atoms with van der Waals surface area (Å²) in [7, 11) is -0.890. The topological polar surface area (TPSA) is 58.6 Å². The van der Waals surface area contributed by atoms with Gasteiger partial charge in [-0.2, -0.15) is 0 Å². The van der Waals surface area contributed by atoms with Crippen LogP contribution in [0.25, 0.3) is 0 Å². The van der Waals surface area contributed by atoms with E-state index in [1.54, 1.807) is 11.2 Å². The van der Waals surface area contributed by atoms with Crippen LogP contribution < -0.4 is 5.32 Å². The van der Waals surface area contributed by atoms with Gasteiger partial charge in [0.15, 0.2) is 0 Å². The first-order chi connectivity index (χ1) is 7.11. The van der Waals surface area contributed by atoms with Gasteiger partial charge in [0.05, 0.1) is 13.2 Å². The van der Waals surface area contributed by atoms with Gasteiger partial charge in [0.2, 0.25) is 0 Å². The summed E-state index contributed by atoms with van der Waals surface area (Å²) in [5, 5.41) is 2.77. The Bertz CT molecular complexity index is 242. The van der Waals surface area contributed by atoms with E-state index in [1.165, 1.54) is 0 Å². The SMILES string of the molecule is CC(CNC(=O)N1CCOCC1)S(C)=O. The molecule has 0 aromatic heterocycles. The van der Waals surface area contributed by atoms with E-state index in [4.69, 9.17) is 4.74 Å². The van der Waals surface area contributed by atoms with Crippen LogP contribution in [0.3, 0.4) is 0 Å². The van der Waals surface area contributed by atoms with Crippen molar-refractivity contribution in [2.24, 2.45) is 0 Å². The summed E-state index contributed by atoms with van der Waals surface area (Å²) in [5.74, 6) is 0. The molecule has 1 N–H and O–H groups in total. The van der Waals surface area contributed by atoms with Crippen LogP contribution in [-0.2, 0) is 15.5 Å². The maximum absolute atomic E-state index is 11.6. The lowest BCUT2D eigenvalue weighted by Gasteiger charge is -2.27. The first kappa shape index (κ1) is 12.4. The lowest BCUT2D eigenvalue weighted by Crippen LogP contribution is -2.47. The Kier molecular flexibility index (Phi) is 5.04. The molecule has 0 aromatic rings. The van der Waals surface area contributed by atoms with Gasteiger partial charge in [0.25, 0.3) is 0 Å². The van der Waals surface area contributed by atoms with Crippen molar-refractivity contribution in [3.63, 3.8) is 0 Å². The number of nitrogens with zero attached hydrogens (tertiary/aromatic N) is 1. The predicted molar refractivity (Wildman–Crippen MR) is 59.3 cm³/mol. The maximum Gasteiger partial charge on any atom is 0.317 e. The quantitative estimate of drug-likeness (QED) is 0.735. The molecule has 2 amide bonds. The second kappa shape index (κ2) is 6.07. The van der Waals surface area contributed by atoms with E-state index >= 15 is 0 Å². The van der Waals surface area contributed by atoms with Crippen molar-refractivity contribution in [3.05, 3.63) is 0 Å². The van der Waals surface area contributed by atoms with Crippen LogP contribution >= 0.6 is 0 Å². The molecule has 1 saturated heterocycles. The highest BCUT2D eigenvalue weighted by molar-refractivity contribution is 7.84. The van der Waals surface area contributed by atoms with E-state index in [1.807, 2.05) is 6.92 Å². The summed E-state index contributed by atoms with van der Waals surface area (Å²) in [4.78, 5) is 13.3. The third-order valence-electron chi connectivity index (χ3n) is 2.41. The number of hydrogen-bond acceptors (Lipinski definition) is 3. The normalized spacial score (nSPS) is 20.8. The standard InChI is InChI=1S/C9H18N2O3S/c1-8(15(2)13)7-10-9(12)11-3-5-14-6-4-11/h8H,3-7H2,1-2H3,(H,10,12). The van der Waals surface area contributed by atoms with Crippen molar-refractivity contribution >= 4 is 16.8 Å². The highest BCUT2D eigenvalue weighted by Crippen LogP contribution is 1.97. The number of carbonyl (C=O) groups is 1. The summed E-state index contributed by atoms with van der Waals surface area (Å²) < 4.78 is 16.2. The molecule has 2 unspecified atom stereocenters. The molecular formula is C9H18N2O3S. The molecule has 1 rings (SSSR count). The van der Waals surface area contributed by atoms with Crippen LogP contribution in [0.4, 0.5) is 4.79 Å². The van der Waals surface area contributed by atoms with Crippen molar-refractivity contribution in [2.45, 2.75) is 12.2 Å². The van der Waals surface area contributed by atoms with Crippen molar-refractivity contribution in [1.29, 1.82) is 0 Å². The monoisotopic (exact) mass is 234 g/mol. The van der Waals surface area contributed by atoms with Gasteiger partial charge in [-0.25, -0.2) is 4.79 Å². The number of rotatable bonds is 3. The van der Waals surface area contributed by atoms with Crippen molar-refractivity contribution in [3.8, 4) is 0 Å². The number of carbonyl (C=O) groups excluding carboxylic acids is 1. The molecule has 15 heavy (non-hydrogen) atoms. The van der Waals surface area contributed by atoms with Gasteiger partial charge in [0, 0.05) is 41.9 Å². The zero-order valence-electron chi connectivity index (χ0n) is 9.19. The van der Waals surface area contributed by atoms with Crippen LogP contribution in [0.5, 0.6) is 0 Å². The fraction of sp³-hybridized carbons (Fsp3) is 0.889. The van der Waals surface area contributed by atoms with Gasteiger partial charge in [0.1, 0.15) is 0 Å². The first-order valence-electron chi connectivity index (χ1n) is 5.04. The second-order valence-corrected chi connectivity index (χ2v) is 5.40. The molecule has 0 saturated carbocycles. The number of amides is 2. The van der Waals surface area contributed by atoms with E-state index in [0.29, 0.717) is 32.8 Å². The van der Waals surface area contributed by atoms with Crippen LogP contribution in [0.1, 0.15) is 6.92 Å². The smallest absolute Gasteiger partial charge is 0.317 e. The van der Waals surface area contributed by atoms with Gasteiger partial charge in [-0.05, 0) is 6.92 Å². The Morgan fingerprint density at radius 2 is 2.13 bits per heavy atom. The van der Waals surface area contributed by atoms with Crippen molar-refractivity contribution in [2.75, 3.05) is 39.1 Å². The molecule has 1 aliphatic heterocycles. The van der Waals surface area contributed by atoms with Gasteiger partial charge < -0.3 is 15.0 Å². The lowest BCUT2D eigenvalue weighted by atomic mass is 10.4.